The average molecular weight is 467 g/mol. The van der Waals surface area contributed by atoms with Gasteiger partial charge < -0.3 is 16.5 Å². The molecule has 4 atom stereocenters. The third-order valence-corrected chi connectivity index (χ3v) is 8.87. The van der Waals surface area contributed by atoms with Gasteiger partial charge in [0.25, 0.3) is 0 Å². The topological polar surface area (TPSA) is 36.9 Å². The summed E-state index contributed by atoms with van der Waals surface area (Å²) in [5, 5.41) is 0. The molecule has 0 aromatic heterocycles. The van der Waals surface area contributed by atoms with Crippen molar-refractivity contribution in [1.82, 2.24) is 0 Å². The highest BCUT2D eigenvalue weighted by atomic mass is 28.4. The molecule has 154 valence electrons. The Labute approximate surface area is 190 Å². The van der Waals surface area contributed by atoms with Gasteiger partial charge in [-0.15, -0.1) is 0 Å². The SMILES string of the molecule is CC1Cc2c(ccc3c2C(C)C=C2C3=CC=CC2C)C(C)C1.O1[Si]O[Si]O[Si]O[Si]1. The Morgan fingerprint density at radius 2 is 1.53 bits per heavy atom. The predicted octanol–water partition coefficient (Wildman–Crippen LogP) is 4.21. The zero-order valence-corrected chi connectivity index (χ0v) is 21.8. The molecule has 1 aromatic rings. The molecule has 4 unspecified atom stereocenters. The molecular weight excluding hydrogens is 441 g/mol. The summed E-state index contributed by atoms with van der Waals surface area (Å²) in [6, 6.07) is 4.83. The van der Waals surface area contributed by atoms with E-state index in [0.29, 0.717) is 17.8 Å². The van der Waals surface area contributed by atoms with Gasteiger partial charge in [-0.1, -0.05) is 64.1 Å². The van der Waals surface area contributed by atoms with Gasteiger partial charge in [-0.3, -0.25) is 0 Å². The van der Waals surface area contributed by atoms with E-state index in [1.807, 2.05) is 0 Å². The second kappa shape index (κ2) is 10.2. The Balaban J connectivity index is 0.000000230. The Bertz CT molecular complexity index is 843. The molecule has 8 radical (unpaired) electrons. The fourth-order valence-electron chi connectivity index (χ4n) is 5.04. The molecule has 8 heteroatoms. The van der Waals surface area contributed by atoms with Gasteiger partial charge in [0.05, 0.1) is 0 Å². The Morgan fingerprint density at radius 3 is 2.20 bits per heavy atom. The summed E-state index contributed by atoms with van der Waals surface area (Å²) in [4.78, 5) is 0. The predicted molar refractivity (Wildman–Crippen MR) is 122 cm³/mol. The van der Waals surface area contributed by atoms with Crippen LogP contribution in [-0.4, -0.2) is 40.0 Å². The van der Waals surface area contributed by atoms with E-state index in [0.717, 1.165) is 5.92 Å². The fourth-order valence-corrected chi connectivity index (χ4v) is 7.75. The molecule has 4 nitrogen and oxygen atoms in total. The molecule has 0 bridgehead atoms. The third-order valence-electron chi connectivity index (χ3n) is 6.21. The van der Waals surface area contributed by atoms with Crippen molar-refractivity contribution in [2.24, 2.45) is 11.8 Å². The van der Waals surface area contributed by atoms with Gasteiger partial charge >= 0.3 is 40.0 Å². The first kappa shape index (κ1) is 22.3. The minimum atomic E-state index is 0.0694. The summed E-state index contributed by atoms with van der Waals surface area (Å²) < 4.78 is 19.3. The van der Waals surface area contributed by atoms with E-state index in [-0.39, 0.29) is 40.0 Å². The molecule has 5 rings (SSSR count). The number of hydrogen-bond acceptors (Lipinski definition) is 4. The number of hydrogen-bond donors (Lipinski definition) is 0. The van der Waals surface area contributed by atoms with Gasteiger partial charge in [0, 0.05) is 5.92 Å². The van der Waals surface area contributed by atoms with Gasteiger partial charge in [0.1, 0.15) is 0 Å². The molecule has 4 aliphatic rings. The van der Waals surface area contributed by atoms with E-state index in [9.17, 15) is 0 Å². The molecule has 1 aromatic carbocycles. The Morgan fingerprint density at radius 1 is 0.867 bits per heavy atom. The lowest BCUT2D eigenvalue weighted by atomic mass is 9.69. The van der Waals surface area contributed by atoms with Gasteiger partial charge in [-0.2, -0.15) is 0 Å². The summed E-state index contributed by atoms with van der Waals surface area (Å²) >= 11 is 0. The normalized spacial score (nSPS) is 30.3. The Kier molecular flexibility index (Phi) is 7.58. The van der Waals surface area contributed by atoms with Crippen molar-refractivity contribution in [2.45, 2.75) is 52.4 Å². The molecule has 30 heavy (non-hydrogen) atoms. The Hall–Kier alpha value is -0.852. The van der Waals surface area contributed by atoms with Crippen LogP contribution in [0, 0.1) is 11.8 Å². The molecule has 1 fully saturated rings. The molecule has 0 spiro atoms. The molecule has 1 saturated heterocycles. The average Bonchev–Trinajstić information content (AvgIpc) is 2.68. The summed E-state index contributed by atoms with van der Waals surface area (Å²) in [6.07, 6.45) is 12.0. The molecular formula is C22H26O4Si4. The summed E-state index contributed by atoms with van der Waals surface area (Å²) in [5.41, 5.74) is 9.39. The monoisotopic (exact) mass is 466 g/mol. The maximum Gasteiger partial charge on any atom is 0.412 e. The summed E-state index contributed by atoms with van der Waals surface area (Å²) in [5.74, 6) is 2.61. The van der Waals surface area contributed by atoms with E-state index in [1.165, 1.54) is 29.6 Å². The summed E-state index contributed by atoms with van der Waals surface area (Å²) in [7, 11) is 0.278. The molecule has 0 saturated carbocycles. The second-order valence-electron chi connectivity index (χ2n) is 8.45. The number of rotatable bonds is 0. The maximum absolute atomic E-state index is 4.82. The second-order valence-corrected chi connectivity index (χ2v) is 12.4. The van der Waals surface area contributed by atoms with Crippen LogP contribution in [0.3, 0.4) is 0 Å². The van der Waals surface area contributed by atoms with Gasteiger partial charge in [0.15, 0.2) is 0 Å². The van der Waals surface area contributed by atoms with Crippen molar-refractivity contribution in [3.63, 3.8) is 0 Å². The quantitative estimate of drug-likeness (QED) is 0.537. The van der Waals surface area contributed by atoms with Crippen molar-refractivity contribution >= 4 is 45.6 Å². The lowest BCUT2D eigenvalue weighted by Crippen LogP contribution is -2.23. The minimum Gasteiger partial charge on any atom is -0.412 e. The zero-order chi connectivity index (χ0) is 21.1. The van der Waals surface area contributed by atoms with E-state index in [1.54, 1.807) is 16.7 Å². The van der Waals surface area contributed by atoms with Gasteiger partial charge in [-0.05, 0) is 64.0 Å². The van der Waals surface area contributed by atoms with E-state index in [4.69, 9.17) is 16.5 Å². The standard InChI is InChI=1S/C22H26.O4Si4/c1-13-10-15(3)17-8-9-19-18-7-5-6-14(2)20(18)12-16(4)22(19)21(17)11-13;1-5-2-7-4-8-3-6-1/h5-9,12-16H,10-11H2,1-4H3;. The smallest absolute Gasteiger partial charge is 0.412 e. The minimum absolute atomic E-state index is 0.0694. The lowest BCUT2D eigenvalue weighted by molar-refractivity contribution is 0.347. The molecule has 1 heterocycles. The first-order valence-electron chi connectivity index (χ1n) is 10.5. The highest BCUT2D eigenvalue weighted by Gasteiger charge is 2.31. The van der Waals surface area contributed by atoms with Crippen LogP contribution in [-0.2, 0) is 22.9 Å². The fraction of sp³-hybridized carbons (Fsp3) is 0.455. The van der Waals surface area contributed by atoms with Crippen LogP contribution in [0.25, 0.3) is 5.57 Å². The van der Waals surface area contributed by atoms with Crippen molar-refractivity contribution < 1.29 is 16.5 Å². The number of allylic oxidation sites excluding steroid dienone is 6. The van der Waals surface area contributed by atoms with E-state index in [2.05, 4.69) is 64.1 Å². The van der Waals surface area contributed by atoms with E-state index < -0.39 is 0 Å². The molecule has 0 amide bonds. The van der Waals surface area contributed by atoms with Crippen LogP contribution in [0.2, 0.25) is 0 Å². The van der Waals surface area contributed by atoms with Crippen molar-refractivity contribution in [1.29, 1.82) is 0 Å². The van der Waals surface area contributed by atoms with Crippen LogP contribution in [0.1, 0.15) is 68.2 Å². The van der Waals surface area contributed by atoms with Gasteiger partial charge in [0.2, 0.25) is 0 Å². The van der Waals surface area contributed by atoms with Gasteiger partial charge in [-0.25, -0.2) is 0 Å². The first-order chi connectivity index (χ1) is 14.6. The van der Waals surface area contributed by atoms with Crippen LogP contribution in [0.4, 0.5) is 0 Å². The van der Waals surface area contributed by atoms with Crippen molar-refractivity contribution in [3.05, 3.63) is 64.3 Å². The molecule has 0 N–H and O–H groups in total. The third kappa shape index (κ3) is 4.81. The van der Waals surface area contributed by atoms with Crippen LogP contribution < -0.4 is 0 Å². The molecule has 1 aliphatic heterocycles. The zero-order valence-electron chi connectivity index (χ0n) is 17.8. The molecule has 3 aliphatic carbocycles. The highest BCUT2D eigenvalue weighted by Crippen LogP contribution is 2.47. The number of benzene rings is 1. The van der Waals surface area contributed by atoms with Crippen molar-refractivity contribution in [3.8, 4) is 0 Å². The van der Waals surface area contributed by atoms with Crippen LogP contribution in [0.15, 0.2) is 42.0 Å². The maximum atomic E-state index is 4.82. The van der Waals surface area contributed by atoms with E-state index >= 15 is 0 Å². The summed E-state index contributed by atoms with van der Waals surface area (Å²) in [6.45, 7) is 9.52. The first-order valence-corrected chi connectivity index (χ1v) is 13.7. The van der Waals surface area contributed by atoms with Crippen LogP contribution in [0.5, 0.6) is 0 Å². The highest BCUT2D eigenvalue weighted by molar-refractivity contribution is 6.50. The largest absolute Gasteiger partial charge is 0.412 e. The van der Waals surface area contributed by atoms with Crippen molar-refractivity contribution in [2.75, 3.05) is 0 Å². The van der Waals surface area contributed by atoms with Crippen LogP contribution >= 0.6 is 0 Å². The lowest BCUT2D eigenvalue weighted by Gasteiger charge is -2.36. The number of fused-ring (bicyclic) bond motifs is 5.